The van der Waals surface area contributed by atoms with E-state index in [0.717, 1.165) is 12.1 Å². The Morgan fingerprint density at radius 3 is 2.45 bits per heavy atom. The van der Waals surface area contributed by atoms with Crippen LogP contribution in [-0.2, 0) is 4.79 Å². The Labute approximate surface area is 171 Å². The highest BCUT2D eigenvalue weighted by Crippen LogP contribution is 2.34. The third kappa shape index (κ3) is 5.21. The maximum absolute atomic E-state index is 14.3. The number of rotatable bonds is 6. The minimum Gasteiger partial charge on any atom is -0.355 e. The zero-order valence-corrected chi connectivity index (χ0v) is 17.0. The summed E-state index contributed by atoms with van der Waals surface area (Å²) >= 11 is 0. The van der Waals surface area contributed by atoms with Gasteiger partial charge in [0.2, 0.25) is 5.91 Å². The maximum atomic E-state index is 14.3. The fourth-order valence-corrected chi connectivity index (χ4v) is 3.77. The highest BCUT2D eigenvalue weighted by molar-refractivity contribution is 5.95. The molecule has 1 fully saturated rings. The fourth-order valence-electron chi connectivity index (χ4n) is 3.77. The number of amides is 2. The highest BCUT2D eigenvalue weighted by atomic mass is 19.1. The van der Waals surface area contributed by atoms with Gasteiger partial charge in [-0.3, -0.25) is 9.59 Å². The number of likely N-dealkylation sites (tertiary alicyclic amines) is 1. The van der Waals surface area contributed by atoms with Crippen LogP contribution in [0.5, 0.6) is 0 Å². The lowest BCUT2D eigenvalue weighted by molar-refractivity contribution is -0.126. The van der Waals surface area contributed by atoms with Crippen LogP contribution in [0.1, 0.15) is 34.8 Å². The van der Waals surface area contributed by atoms with Crippen molar-refractivity contribution in [3.8, 4) is 0 Å². The first kappa shape index (κ1) is 21.0. The largest absolute Gasteiger partial charge is 0.355 e. The number of benzene rings is 2. The van der Waals surface area contributed by atoms with Crippen LogP contribution in [0.25, 0.3) is 0 Å². The first-order chi connectivity index (χ1) is 14.0. The Bertz CT molecular complexity index is 841. The molecule has 29 heavy (non-hydrogen) atoms. The van der Waals surface area contributed by atoms with Gasteiger partial charge >= 0.3 is 0 Å². The van der Waals surface area contributed by atoms with E-state index in [0.29, 0.717) is 19.4 Å². The van der Waals surface area contributed by atoms with Crippen molar-refractivity contribution in [2.75, 3.05) is 33.7 Å². The van der Waals surface area contributed by atoms with Gasteiger partial charge < -0.3 is 15.1 Å². The number of carbonyl (C=O) groups excluding carboxylic acids is 2. The number of nitrogens with zero attached hydrogens (tertiary/aromatic N) is 2. The Morgan fingerprint density at radius 1 is 1.07 bits per heavy atom. The lowest BCUT2D eigenvalue weighted by Crippen LogP contribution is -2.47. The Kier molecular flexibility index (Phi) is 6.99. The summed E-state index contributed by atoms with van der Waals surface area (Å²) in [6, 6.07) is 15.6. The van der Waals surface area contributed by atoms with Crippen LogP contribution in [0, 0.1) is 11.7 Å². The first-order valence-corrected chi connectivity index (χ1v) is 10.00. The molecular formula is C23H28FN3O2. The van der Waals surface area contributed by atoms with E-state index in [1.54, 1.807) is 17.0 Å². The van der Waals surface area contributed by atoms with Crippen LogP contribution in [0.15, 0.2) is 54.6 Å². The second kappa shape index (κ2) is 9.65. The molecule has 1 N–H and O–H groups in total. The number of nitrogens with one attached hydrogen (secondary N) is 1. The van der Waals surface area contributed by atoms with E-state index >= 15 is 0 Å². The topological polar surface area (TPSA) is 52.7 Å². The number of halogens is 1. The molecule has 3 rings (SSSR count). The predicted octanol–water partition coefficient (Wildman–Crippen LogP) is 3.10. The summed E-state index contributed by atoms with van der Waals surface area (Å²) < 4.78 is 14.3. The van der Waals surface area contributed by atoms with Gasteiger partial charge in [-0.2, -0.15) is 0 Å². The Hall–Kier alpha value is -2.73. The molecule has 2 aromatic carbocycles. The average Bonchev–Trinajstić information content (AvgIpc) is 2.73. The second-order valence-electron chi connectivity index (χ2n) is 7.73. The van der Waals surface area contributed by atoms with Crippen molar-refractivity contribution in [1.29, 1.82) is 0 Å². The highest BCUT2D eigenvalue weighted by Gasteiger charge is 2.36. The molecule has 1 heterocycles. The van der Waals surface area contributed by atoms with Gasteiger partial charge in [0.25, 0.3) is 5.91 Å². The molecule has 0 spiro atoms. The summed E-state index contributed by atoms with van der Waals surface area (Å²) in [7, 11) is 3.90. The molecule has 1 aliphatic rings. The quantitative estimate of drug-likeness (QED) is 0.815. The van der Waals surface area contributed by atoms with Gasteiger partial charge in [0.1, 0.15) is 5.82 Å². The number of hydrogen-bond acceptors (Lipinski definition) is 3. The van der Waals surface area contributed by atoms with E-state index < -0.39 is 5.82 Å². The molecule has 2 atom stereocenters. The van der Waals surface area contributed by atoms with E-state index in [4.69, 9.17) is 0 Å². The Morgan fingerprint density at radius 2 is 1.76 bits per heavy atom. The minimum absolute atomic E-state index is 0.0436. The molecule has 2 aromatic rings. The van der Waals surface area contributed by atoms with Crippen molar-refractivity contribution < 1.29 is 14.0 Å². The summed E-state index contributed by atoms with van der Waals surface area (Å²) in [5, 5.41) is 2.96. The summed E-state index contributed by atoms with van der Waals surface area (Å²) in [6.07, 6.45) is 1.35. The molecular weight excluding hydrogens is 369 g/mol. The van der Waals surface area contributed by atoms with Gasteiger partial charge in [0.05, 0.1) is 17.5 Å². The summed E-state index contributed by atoms with van der Waals surface area (Å²) in [6.45, 7) is 1.59. The zero-order chi connectivity index (χ0) is 20.8. The van der Waals surface area contributed by atoms with Gasteiger partial charge in [0, 0.05) is 19.6 Å². The van der Waals surface area contributed by atoms with Crippen molar-refractivity contribution in [1.82, 2.24) is 15.1 Å². The minimum atomic E-state index is -0.540. The molecule has 0 aliphatic carbocycles. The van der Waals surface area contributed by atoms with Crippen LogP contribution in [0.2, 0.25) is 0 Å². The van der Waals surface area contributed by atoms with Crippen molar-refractivity contribution >= 4 is 11.8 Å². The molecule has 0 saturated carbocycles. The van der Waals surface area contributed by atoms with Crippen LogP contribution in [-0.4, -0.2) is 55.3 Å². The predicted molar refractivity (Wildman–Crippen MR) is 111 cm³/mol. The van der Waals surface area contributed by atoms with E-state index in [-0.39, 0.29) is 35.9 Å². The molecule has 5 nitrogen and oxygen atoms in total. The monoisotopic (exact) mass is 397 g/mol. The summed E-state index contributed by atoms with van der Waals surface area (Å²) in [5.41, 5.74) is 1.05. The number of likely N-dealkylation sites (N-methyl/N-ethyl adjacent to an activating group) is 1. The summed E-state index contributed by atoms with van der Waals surface area (Å²) in [4.78, 5) is 29.5. The average molecular weight is 397 g/mol. The van der Waals surface area contributed by atoms with Crippen molar-refractivity contribution in [3.05, 3.63) is 71.5 Å². The van der Waals surface area contributed by atoms with Crippen LogP contribution < -0.4 is 5.32 Å². The van der Waals surface area contributed by atoms with E-state index in [1.165, 1.54) is 12.1 Å². The number of carbonyl (C=O) groups is 2. The SMILES string of the molecule is CN(C)CCNC(=O)[C@@H]1CC[C@H](c2ccccc2)N(C(=O)c2ccccc2F)C1. The first-order valence-electron chi connectivity index (χ1n) is 10.00. The summed E-state index contributed by atoms with van der Waals surface area (Å²) in [5.74, 6) is -1.26. The molecule has 0 unspecified atom stereocenters. The molecule has 6 heteroatoms. The molecule has 1 aliphatic heterocycles. The van der Waals surface area contributed by atoms with Gasteiger partial charge in [-0.25, -0.2) is 4.39 Å². The molecule has 1 saturated heterocycles. The van der Waals surface area contributed by atoms with Crippen LogP contribution >= 0.6 is 0 Å². The third-order valence-corrected chi connectivity index (χ3v) is 5.36. The van der Waals surface area contributed by atoms with E-state index in [1.807, 2.05) is 49.3 Å². The van der Waals surface area contributed by atoms with Crippen LogP contribution in [0.4, 0.5) is 4.39 Å². The standard InChI is InChI=1S/C23H28FN3O2/c1-26(2)15-14-25-22(28)18-12-13-21(17-8-4-3-5-9-17)27(16-18)23(29)19-10-6-7-11-20(19)24/h3-11,18,21H,12-16H2,1-2H3,(H,25,28)/t18-,21-/m1/s1. The second-order valence-corrected chi connectivity index (χ2v) is 7.73. The third-order valence-electron chi connectivity index (χ3n) is 5.36. The lowest BCUT2D eigenvalue weighted by atomic mass is 9.87. The van der Waals surface area contributed by atoms with Gasteiger partial charge in [0.15, 0.2) is 0 Å². The van der Waals surface area contributed by atoms with E-state index in [2.05, 4.69) is 5.32 Å². The maximum Gasteiger partial charge on any atom is 0.257 e. The lowest BCUT2D eigenvalue weighted by Gasteiger charge is -2.39. The normalized spacial score (nSPS) is 19.2. The number of hydrogen-bond donors (Lipinski definition) is 1. The Balaban J connectivity index is 1.81. The molecule has 0 aromatic heterocycles. The molecule has 154 valence electrons. The number of piperidine rings is 1. The van der Waals surface area contributed by atoms with Gasteiger partial charge in [-0.05, 0) is 44.6 Å². The van der Waals surface area contributed by atoms with Gasteiger partial charge in [-0.1, -0.05) is 42.5 Å². The molecule has 0 radical (unpaired) electrons. The van der Waals surface area contributed by atoms with Crippen molar-refractivity contribution in [2.24, 2.45) is 5.92 Å². The molecule has 0 bridgehead atoms. The fraction of sp³-hybridized carbons (Fsp3) is 0.391. The smallest absolute Gasteiger partial charge is 0.257 e. The van der Waals surface area contributed by atoms with Crippen molar-refractivity contribution in [3.63, 3.8) is 0 Å². The zero-order valence-electron chi connectivity index (χ0n) is 17.0. The van der Waals surface area contributed by atoms with E-state index in [9.17, 15) is 14.0 Å². The van der Waals surface area contributed by atoms with Crippen molar-refractivity contribution in [2.45, 2.75) is 18.9 Å². The van der Waals surface area contributed by atoms with Gasteiger partial charge in [-0.15, -0.1) is 0 Å². The molecule has 2 amide bonds. The van der Waals surface area contributed by atoms with Crippen LogP contribution in [0.3, 0.4) is 0 Å².